The summed E-state index contributed by atoms with van der Waals surface area (Å²) in [4.78, 5) is 12.7. The molecule has 0 unspecified atom stereocenters. The van der Waals surface area contributed by atoms with Crippen LogP contribution in [0.4, 0.5) is 4.79 Å². The molecule has 1 aliphatic heterocycles. The van der Waals surface area contributed by atoms with Gasteiger partial charge in [-0.1, -0.05) is 23.2 Å². The molecule has 0 bridgehead atoms. The zero-order chi connectivity index (χ0) is 15.6. The van der Waals surface area contributed by atoms with E-state index >= 15 is 0 Å². The molecule has 21 heavy (non-hydrogen) atoms. The summed E-state index contributed by atoms with van der Waals surface area (Å²) in [6.07, 6.45) is 0. The minimum absolute atomic E-state index is 0.0733. The number of carbonyl (C=O) groups excluding carboxylic acids is 1. The maximum Gasteiger partial charge on any atom is 0.317 e. The van der Waals surface area contributed by atoms with Crippen molar-refractivity contribution in [1.29, 1.82) is 0 Å². The van der Waals surface area contributed by atoms with E-state index in [0.717, 1.165) is 6.07 Å². The number of hydrogen-bond acceptors (Lipinski definition) is 4. The molecule has 1 aromatic rings. The van der Waals surface area contributed by atoms with Gasteiger partial charge in [0.1, 0.15) is 17.3 Å². The Kier molecular flexibility index (Phi) is 4.82. The van der Waals surface area contributed by atoms with E-state index in [1.165, 1.54) is 6.07 Å². The number of rotatable bonds is 5. The number of nitrogens with two attached hydrogens (primary N) is 1. The Morgan fingerprint density at radius 3 is 2.62 bits per heavy atom. The van der Waals surface area contributed by atoms with Crippen LogP contribution < -0.4 is 15.2 Å². The Balaban J connectivity index is 2.04. The van der Waals surface area contributed by atoms with Gasteiger partial charge in [0, 0.05) is 19.2 Å². The number of sulfonamides is 1. The van der Waals surface area contributed by atoms with Crippen molar-refractivity contribution in [3.63, 3.8) is 0 Å². The van der Waals surface area contributed by atoms with Gasteiger partial charge in [0.25, 0.3) is 0 Å². The van der Waals surface area contributed by atoms with Crippen LogP contribution in [-0.2, 0) is 10.0 Å². The molecule has 0 saturated carbocycles. The fraction of sp³-hybridized carbons (Fsp3) is 0.364. The van der Waals surface area contributed by atoms with Crippen LogP contribution in [0.15, 0.2) is 17.0 Å². The Labute approximate surface area is 132 Å². The normalized spacial score (nSPS) is 15.2. The third kappa shape index (κ3) is 3.91. The van der Waals surface area contributed by atoms with Crippen molar-refractivity contribution in [2.75, 3.05) is 26.2 Å². The first-order valence-corrected chi connectivity index (χ1v) is 8.26. The van der Waals surface area contributed by atoms with Crippen LogP contribution in [0, 0.1) is 0 Å². The smallest absolute Gasteiger partial charge is 0.317 e. The van der Waals surface area contributed by atoms with Crippen molar-refractivity contribution >= 4 is 39.3 Å². The molecule has 0 aromatic heterocycles. The molecule has 1 fully saturated rings. The molecule has 116 valence electrons. The van der Waals surface area contributed by atoms with E-state index in [2.05, 4.69) is 5.32 Å². The third-order valence-electron chi connectivity index (χ3n) is 2.86. The molecular weight excluding hydrogens is 341 g/mol. The minimum atomic E-state index is -3.95. The Morgan fingerprint density at radius 1 is 1.33 bits per heavy atom. The number of nitrogens with one attached hydrogen (secondary N) is 1. The summed E-state index contributed by atoms with van der Waals surface area (Å²) in [6.45, 7) is 1.81. The molecule has 1 heterocycles. The number of amides is 2. The number of halogens is 2. The van der Waals surface area contributed by atoms with Crippen LogP contribution in [0.2, 0.25) is 10.0 Å². The molecular formula is C11H13Cl2N3O4S. The van der Waals surface area contributed by atoms with Crippen LogP contribution in [0.5, 0.6) is 5.75 Å². The number of ether oxygens (including phenoxy) is 1. The molecule has 7 nitrogen and oxygen atoms in total. The van der Waals surface area contributed by atoms with E-state index in [0.29, 0.717) is 19.6 Å². The second-order valence-corrected chi connectivity index (χ2v) is 6.67. The van der Waals surface area contributed by atoms with Crippen LogP contribution in [-0.4, -0.2) is 45.6 Å². The summed E-state index contributed by atoms with van der Waals surface area (Å²) in [5.41, 5.74) is 0. The highest BCUT2D eigenvalue weighted by atomic mass is 35.5. The van der Waals surface area contributed by atoms with E-state index in [1.807, 2.05) is 0 Å². The van der Waals surface area contributed by atoms with Gasteiger partial charge in [-0.3, -0.25) is 0 Å². The van der Waals surface area contributed by atoms with Gasteiger partial charge >= 0.3 is 6.03 Å². The van der Waals surface area contributed by atoms with Crippen molar-refractivity contribution in [3.05, 3.63) is 22.2 Å². The minimum Gasteiger partial charge on any atom is -0.490 e. The Morgan fingerprint density at radius 2 is 2.05 bits per heavy atom. The van der Waals surface area contributed by atoms with Gasteiger partial charge in [0.2, 0.25) is 10.0 Å². The predicted molar refractivity (Wildman–Crippen MR) is 78.3 cm³/mol. The van der Waals surface area contributed by atoms with Crippen molar-refractivity contribution in [3.8, 4) is 5.75 Å². The average molecular weight is 354 g/mol. The largest absolute Gasteiger partial charge is 0.490 e. The molecule has 1 aromatic carbocycles. The highest BCUT2D eigenvalue weighted by Crippen LogP contribution is 2.33. The zero-order valence-corrected chi connectivity index (χ0v) is 13.1. The van der Waals surface area contributed by atoms with Gasteiger partial charge in [-0.05, 0) is 6.07 Å². The summed E-state index contributed by atoms with van der Waals surface area (Å²) in [5.74, 6) is 0.230. The summed E-state index contributed by atoms with van der Waals surface area (Å²) in [5, 5.41) is 7.68. The lowest BCUT2D eigenvalue weighted by Crippen LogP contribution is -2.31. The van der Waals surface area contributed by atoms with Crippen molar-refractivity contribution in [1.82, 2.24) is 10.2 Å². The SMILES string of the molecule is NS(=O)(=O)c1cc(Cl)c(OCCN2CCNC2=O)cc1Cl. The quantitative estimate of drug-likeness (QED) is 0.825. The van der Waals surface area contributed by atoms with Crippen molar-refractivity contribution < 1.29 is 17.9 Å². The molecule has 1 saturated heterocycles. The summed E-state index contributed by atoms with van der Waals surface area (Å²) < 4.78 is 28.0. The lowest BCUT2D eigenvalue weighted by molar-refractivity contribution is 0.202. The van der Waals surface area contributed by atoms with Crippen LogP contribution in [0.1, 0.15) is 0 Å². The van der Waals surface area contributed by atoms with Gasteiger partial charge in [-0.15, -0.1) is 0 Å². The summed E-state index contributed by atoms with van der Waals surface area (Å²) >= 11 is 11.8. The summed E-state index contributed by atoms with van der Waals surface area (Å²) in [7, 11) is -3.95. The van der Waals surface area contributed by atoms with Gasteiger partial charge in [0.05, 0.1) is 16.6 Å². The second kappa shape index (κ2) is 6.27. The lowest BCUT2D eigenvalue weighted by Gasteiger charge is -2.15. The highest BCUT2D eigenvalue weighted by molar-refractivity contribution is 7.89. The predicted octanol–water partition coefficient (Wildman–Crippen LogP) is 1.04. The van der Waals surface area contributed by atoms with Crippen LogP contribution in [0.3, 0.4) is 0 Å². The number of carbonyl (C=O) groups is 1. The number of nitrogens with zero attached hydrogens (tertiary/aromatic N) is 1. The molecule has 1 aliphatic rings. The first-order chi connectivity index (χ1) is 9.79. The third-order valence-corrected chi connectivity index (χ3v) is 4.53. The molecule has 0 radical (unpaired) electrons. The van der Waals surface area contributed by atoms with E-state index in [-0.39, 0.29) is 33.3 Å². The fourth-order valence-electron chi connectivity index (χ4n) is 1.83. The molecule has 0 atom stereocenters. The number of primary sulfonamides is 1. The fourth-order valence-corrected chi connectivity index (χ4v) is 3.20. The first kappa shape index (κ1) is 16.2. The Bertz CT molecular complexity index is 666. The Hall–Kier alpha value is -1.22. The molecule has 10 heteroatoms. The van der Waals surface area contributed by atoms with Crippen molar-refractivity contribution in [2.24, 2.45) is 5.14 Å². The first-order valence-electron chi connectivity index (χ1n) is 5.96. The van der Waals surface area contributed by atoms with Gasteiger partial charge in [-0.2, -0.15) is 0 Å². The molecule has 2 amide bonds. The number of hydrogen-bond donors (Lipinski definition) is 2. The molecule has 2 rings (SSSR count). The van der Waals surface area contributed by atoms with E-state index in [1.54, 1.807) is 4.90 Å². The highest BCUT2D eigenvalue weighted by Gasteiger charge is 2.20. The van der Waals surface area contributed by atoms with Gasteiger partial charge < -0.3 is 15.0 Å². The second-order valence-electron chi connectivity index (χ2n) is 4.33. The monoisotopic (exact) mass is 353 g/mol. The molecule has 0 spiro atoms. The number of urea groups is 1. The maximum absolute atomic E-state index is 11.3. The molecule has 0 aliphatic carbocycles. The maximum atomic E-state index is 11.3. The topological polar surface area (TPSA) is 102 Å². The van der Waals surface area contributed by atoms with Gasteiger partial charge in [0.15, 0.2) is 0 Å². The van der Waals surface area contributed by atoms with Gasteiger partial charge in [-0.25, -0.2) is 18.4 Å². The van der Waals surface area contributed by atoms with E-state index in [4.69, 9.17) is 33.1 Å². The molecule has 3 N–H and O–H groups in total. The van der Waals surface area contributed by atoms with E-state index < -0.39 is 10.0 Å². The number of benzene rings is 1. The lowest BCUT2D eigenvalue weighted by atomic mass is 10.3. The zero-order valence-electron chi connectivity index (χ0n) is 10.8. The van der Waals surface area contributed by atoms with Crippen molar-refractivity contribution in [2.45, 2.75) is 4.90 Å². The standard InChI is InChI=1S/C11H13Cl2N3O4S/c12-7-6-10(21(14,18)19)8(13)5-9(7)20-4-3-16-2-1-15-11(16)17/h5-6H,1-4H2,(H,15,17)(H2,14,18,19). The average Bonchev–Trinajstić information content (AvgIpc) is 2.77. The van der Waals surface area contributed by atoms with Crippen LogP contribution in [0.25, 0.3) is 0 Å². The van der Waals surface area contributed by atoms with Crippen LogP contribution >= 0.6 is 23.2 Å². The van der Waals surface area contributed by atoms with E-state index in [9.17, 15) is 13.2 Å². The summed E-state index contributed by atoms with van der Waals surface area (Å²) in [6, 6.07) is 2.28.